The monoisotopic (exact) mass is 327 g/mol. The van der Waals surface area contributed by atoms with Crippen LogP contribution in [0, 0.1) is 0 Å². The molecule has 24 heavy (non-hydrogen) atoms. The minimum absolute atomic E-state index is 0.150. The Morgan fingerprint density at radius 2 is 1.79 bits per heavy atom. The minimum Gasteiger partial charge on any atom is -0.497 e. The number of aliphatic hydroxyl groups excluding tert-OH is 1. The molecule has 0 aliphatic carbocycles. The van der Waals surface area contributed by atoms with E-state index in [4.69, 9.17) is 9.47 Å². The van der Waals surface area contributed by atoms with Crippen molar-refractivity contribution in [3.63, 3.8) is 0 Å². The number of nitrogens with zero attached hydrogens (tertiary/aromatic N) is 1. The molecule has 0 unspecified atom stereocenters. The molecule has 0 bridgehead atoms. The van der Waals surface area contributed by atoms with Crippen LogP contribution in [0.3, 0.4) is 0 Å². The fourth-order valence-electron chi connectivity index (χ4n) is 2.96. The second-order valence-electron chi connectivity index (χ2n) is 5.95. The van der Waals surface area contributed by atoms with E-state index in [1.54, 1.807) is 43.2 Å². The Labute approximate surface area is 141 Å². The standard InChI is InChI=1S/C19H21NO4/c1-19(24-13-14-6-4-3-5-7-14)17(12-21)20(18(19)22)15-8-10-16(23-2)11-9-15/h3-11,17,21H,12-13H2,1-2H3/t17-,19+/m0/s1. The number of β-lactam (4-membered cyclic amide) rings is 1. The second-order valence-corrected chi connectivity index (χ2v) is 5.95. The van der Waals surface area contributed by atoms with E-state index in [2.05, 4.69) is 0 Å². The number of aliphatic hydroxyl groups is 1. The minimum atomic E-state index is -1.02. The number of carbonyl (C=O) groups excluding carboxylic acids is 1. The predicted molar refractivity (Wildman–Crippen MR) is 91.0 cm³/mol. The lowest BCUT2D eigenvalue weighted by Gasteiger charge is -2.53. The van der Waals surface area contributed by atoms with Crippen LogP contribution in [0.2, 0.25) is 0 Å². The summed E-state index contributed by atoms with van der Waals surface area (Å²) in [5.41, 5.74) is 0.691. The first-order valence-electron chi connectivity index (χ1n) is 7.86. The molecule has 1 aliphatic rings. The van der Waals surface area contributed by atoms with E-state index in [0.29, 0.717) is 6.61 Å². The third-order valence-corrected chi connectivity index (χ3v) is 4.50. The Bertz CT molecular complexity index is 701. The number of amides is 1. The fraction of sp³-hybridized carbons (Fsp3) is 0.316. The number of rotatable bonds is 6. The van der Waals surface area contributed by atoms with E-state index in [0.717, 1.165) is 17.0 Å². The third kappa shape index (κ3) is 2.77. The number of hydrogen-bond acceptors (Lipinski definition) is 4. The first-order valence-corrected chi connectivity index (χ1v) is 7.86. The van der Waals surface area contributed by atoms with Crippen LogP contribution < -0.4 is 9.64 Å². The van der Waals surface area contributed by atoms with Crippen molar-refractivity contribution in [1.82, 2.24) is 0 Å². The van der Waals surface area contributed by atoms with Crippen molar-refractivity contribution < 1.29 is 19.4 Å². The SMILES string of the molecule is COc1ccc(N2C(=O)[C@](C)(OCc3ccccc3)[C@@H]2CO)cc1. The number of ether oxygens (including phenoxy) is 2. The number of carbonyl (C=O) groups is 1. The van der Waals surface area contributed by atoms with Gasteiger partial charge in [-0.1, -0.05) is 30.3 Å². The maximum Gasteiger partial charge on any atom is 0.261 e. The summed E-state index contributed by atoms with van der Waals surface area (Å²) >= 11 is 0. The highest BCUT2D eigenvalue weighted by atomic mass is 16.5. The molecule has 1 aliphatic heterocycles. The predicted octanol–water partition coefficient (Wildman–Crippen LogP) is 2.38. The van der Waals surface area contributed by atoms with E-state index in [1.165, 1.54) is 0 Å². The fourth-order valence-corrected chi connectivity index (χ4v) is 2.96. The largest absolute Gasteiger partial charge is 0.497 e. The number of anilines is 1. The van der Waals surface area contributed by atoms with Gasteiger partial charge in [0.15, 0.2) is 5.60 Å². The summed E-state index contributed by atoms with van der Waals surface area (Å²) < 4.78 is 11.0. The zero-order valence-electron chi connectivity index (χ0n) is 13.8. The quantitative estimate of drug-likeness (QED) is 0.828. The topological polar surface area (TPSA) is 59.0 Å². The van der Waals surface area contributed by atoms with Gasteiger partial charge in [-0.15, -0.1) is 0 Å². The molecule has 3 rings (SSSR count). The van der Waals surface area contributed by atoms with Gasteiger partial charge in [0.05, 0.1) is 26.4 Å². The number of methoxy groups -OCH3 is 1. The lowest BCUT2D eigenvalue weighted by Crippen LogP contribution is -2.75. The van der Waals surface area contributed by atoms with Gasteiger partial charge in [-0.3, -0.25) is 4.79 Å². The van der Waals surface area contributed by atoms with Crippen molar-refractivity contribution in [2.45, 2.75) is 25.2 Å². The number of hydrogen-bond donors (Lipinski definition) is 1. The Kier molecular flexibility index (Phi) is 4.55. The normalized spacial score (nSPS) is 23.0. The van der Waals surface area contributed by atoms with Gasteiger partial charge in [-0.05, 0) is 36.8 Å². The van der Waals surface area contributed by atoms with Gasteiger partial charge in [0.1, 0.15) is 5.75 Å². The summed E-state index contributed by atoms with van der Waals surface area (Å²) in [4.78, 5) is 14.3. The molecule has 2 atom stereocenters. The van der Waals surface area contributed by atoms with Gasteiger partial charge in [0, 0.05) is 5.69 Å². The molecule has 1 saturated heterocycles. The summed E-state index contributed by atoms with van der Waals surface area (Å²) in [6.45, 7) is 1.90. The summed E-state index contributed by atoms with van der Waals surface area (Å²) in [5, 5.41) is 9.77. The molecular formula is C19H21NO4. The van der Waals surface area contributed by atoms with Crippen molar-refractivity contribution in [3.8, 4) is 5.75 Å². The highest BCUT2D eigenvalue weighted by Gasteiger charge is 2.59. The molecule has 5 heteroatoms. The summed E-state index contributed by atoms with van der Waals surface area (Å²) in [6, 6.07) is 16.4. The second kappa shape index (κ2) is 6.63. The van der Waals surface area contributed by atoms with Crippen molar-refractivity contribution >= 4 is 11.6 Å². The molecule has 1 heterocycles. The van der Waals surface area contributed by atoms with Crippen LogP contribution in [0.1, 0.15) is 12.5 Å². The maximum absolute atomic E-state index is 12.7. The molecule has 1 fully saturated rings. The molecule has 0 spiro atoms. The molecule has 2 aromatic carbocycles. The van der Waals surface area contributed by atoms with Gasteiger partial charge in [0.2, 0.25) is 0 Å². The Morgan fingerprint density at radius 3 is 2.38 bits per heavy atom. The molecule has 2 aromatic rings. The van der Waals surface area contributed by atoms with Crippen molar-refractivity contribution in [1.29, 1.82) is 0 Å². The molecule has 1 N–H and O–H groups in total. The van der Waals surface area contributed by atoms with Crippen LogP contribution in [0.15, 0.2) is 54.6 Å². The van der Waals surface area contributed by atoms with E-state index < -0.39 is 11.6 Å². The summed E-state index contributed by atoms with van der Waals surface area (Å²) in [5.74, 6) is 0.568. The van der Waals surface area contributed by atoms with Crippen LogP contribution in [0.4, 0.5) is 5.69 Å². The average molecular weight is 327 g/mol. The third-order valence-electron chi connectivity index (χ3n) is 4.50. The maximum atomic E-state index is 12.7. The van der Waals surface area contributed by atoms with Gasteiger partial charge in [0.25, 0.3) is 5.91 Å². The smallest absolute Gasteiger partial charge is 0.261 e. The van der Waals surface area contributed by atoms with Crippen LogP contribution in [0.5, 0.6) is 5.75 Å². The lowest BCUT2D eigenvalue weighted by atomic mass is 9.83. The molecule has 1 amide bonds. The van der Waals surface area contributed by atoms with Gasteiger partial charge in [-0.25, -0.2) is 0 Å². The van der Waals surface area contributed by atoms with E-state index in [1.807, 2.05) is 30.3 Å². The van der Waals surface area contributed by atoms with E-state index >= 15 is 0 Å². The van der Waals surface area contributed by atoms with Crippen LogP contribution in [0.25, 0.3) is 0 Å². The first-order chi connectivity index (χ1) is 11.6. The zero-order valence-corrected chi connectivity index (χ0v) is 13.8. The Hall–Kier alpha value is -2.37. The Balaban J connectivity index is 1.74. The zero-order chi connectivity index (χ0) is 17.2. The molecular weight excluding hydrogens is 306 g/mol. The first kappa shape index (κ1) is 16.5. The molecule has 0 radical (unpaired) electrons. The highest BCUT2D eigenvalue weighted by Crippen LogP contribution is 2.39. The Morgan fingerprint density at radius 1 is 1.12 bits per heavy atom. The van der Waals surface area contributed by atoms with Crippen LogP contribution >= 0.6 is 0 Å². The molecule has 0 saturated carbocycles. The highest BCUT2D eigenvalue weighted by molar-refractivity contribution is 6.08. The number of benzene rings is 2. The van der Waals surface area contributed by atoms with Gasteiger partial charge < -0.3 is 19.5 Å². The average Bonchev–Trinajstić information content (AvgIpc) is 2.64. The molecule has 5 nitrogen and oxygen atoms in total. The van der Waals surface area contributed by atoms with Crippen molar-refractivity contribution in [2.24, 2.45) is 0 Å². The van der Waals surface area contributed by atoms with Crippen molar-refractivity contribution in [3.05, 3.63) is 60.2 Å². The summed E-state index contributed by atoms with van der Waals surface area (Å²) in [7, 11) is 1.59. The van der Waals surface area contributed by atoms with Gasteiger partial charge >= 0.3 is 0 Å². The van der Waals surface area contributed by atoms with E-state index in [-0.39, 0.29) is 12.5 Å². The summed E-state index contributed by atoms with van der Waals surface area (Å²) in [6.07, 6.45) is 0. The lowest BCUT2D eigenvalue weighted by molar-refractivity contribution is -0.166. The molecule has 0 aromatic heterocycles. The van der Waals surface area contributed by atoms with E-state index in [9.17, 15) is 9.90 Å². The van der Waals surface area contributed by atoms with Gasteiger partial charge in [-0.2, -0.15) is 0 Å². The molecule has 126 valence electrons. The van der Waals surface area contributed by atoms with Crippen LogP contribution in [-0.2, 0) is 16.1 Å². The van der Waals surface area contributed by atoms with Crippen molar-refractivity contribution in [2.75, 3.05) is 18.6 Å². The van der Waals surface area contributed by atoms with Crippen LogP contribution in [-0.4, -0.2) is 36.4 Å².